The lowest BCUT2D eigenvalue weighted by Crippen LogP contribution is -2.31. The van der Waals surface area contributed by atoms with E-state index in [0.717, 1.165) is 16.7 Å². The van der Waals surface area contributed by atoms with E-state index in [1.54, 1.807) is 18.5 Å². The van der Waals surface area contributed by atoms with Gasteiger partial charge in [-0.25, -0.2) is 4.98 Å². The van der Waals surface area contributed by atoms with Crippen molar-refractivity contribution in [2.45, 2.75) is 20.0 Å². The van der Waals surface area contributed by atoms with Crippen molar-refractivity contribution < 1.29 is 4.79 Å². The molecule has 28 heavy (non-hydrogen) atoms. The van der Waals surface area contributed by atoms with Crippen LogP contribution in [0.25, 0.3) is 5.65 Å². The van der Waals surface area contributed by atoms with E-state index in [4.69, 9.17) is 0 Å². The Morgan fingerprint density at radius 1 is 1.11 bits per heavy atom. The van der Waals surface area contributed by atoms with Crippen molar-refractivity contribution in [2.75, 3.05) is 0 Å². The van der Waals surface area contributed by atoms with E-state index in [1.165, 1.54) is 10.6 Å². The molecule has 0 fully saturated rings. The van der Waals surface area contributed by atoms with Crippen LogP contribution in [0.1, 0.15) is 27.0 Å². The smallest absolute Gasteiger partial charge is 0.270 e. The first-order valence-corrected chi connectivity index (χ1v) is 8.92. The van der Waals surface area contributed by atoms with Crippen LogP contribution in [0.5, 0.6) is 0 Å². The van der Waals surface area contributed by atoms with Crippen LogP contribution in [-0.4, -0.2) is 25.1 Å². The van der Waals surface area contributed by atoms with Crippen molar-refractivity contribution in [3.8, 4) is 0 Å². The highest BCUT2D eigenvalue weighted by atomic mass is 16.2. The molecular weight excluding hydrogens is 354 g/mol. The Morgan fingerprint density at radius 2 is 1.93 bits per heavy atom. The number of hydrogen-bond donors (Lipinski definition) is 1. The largest absolute Gasteiger partial charge is 0.348 e. The predicted molar refractivity (Wildman–Crippen MR) is 105 cm³/mol. The van der Waals surface area contributed by atoms with Crippen molar-refractivity contribution in [3.63, 3.8) is 0 Å². The average Bonchev–Trinajstić information content (AvgIpc) is 3.21. The number of carbonyl (C=O) groups excluding carboxylic acids is 1. The number of hydrogen-bond acceptors (Lipinski definition) is 4. The number of fused-ring (bicyclic) bond motifs is 1. The van der Waals surface area contributed by atoms with E-state index in [-0.39, 0.29) is 11.1 Å². The molecule has 0 atom stereocenters. The van der Waals surface area contributed by atoms with Crippen molar-refractivity contribution >= 4 is 11.6 Å². The number of amides is 1. The van der Waals surface area contributed by atoms with E-state index in [1.807, 2.05) is 54.2 Å². The van der Waals surface area contributed by atoms with Crippen molar-refractivity contribution in [1.82, 2.24) is 24.5 Å². The molecule has 3 aromatic heterocycles. The summed E-state index contributed by atoms with van der Waals surface area (Å²) in [6, 6.07) is 13.3. The maximum absolute atomic E-state index is 12.7. The second-order valence-electron chi connectivity index (χ2n) is 6.57. The van der Waals surface area contributed by atoms with E-state index in [2.05, 4.69) is 15.4 Å². The number of aromatic nitrogens is 4. The number of nitrogens with one attached hydrogen (secondary N) is 1. The molecule has 3 heterocycles. The van der Waals surface area contributed by atoms with Gasteiger partial charge in [-0.3, -0.25) is 18.7 Å². The van der Waals surface area contributed by atoms with Gasteiger partial charge in [0.15, 0.2) is 0 Å². The number of rotatable bonds is 5. The Kier molecular flexibility index (Phi) is 4.72. The molecule has 7 nitrogen and oxygen atoms in total. The third-order valence-corrected chi connectivity index (χ3v) is 4.54. The molecule has 1 aromatic carbocycles. The SMILES string of the molecule is Cc1ccc2ncc(C(=O)NCc3ccccc3Cn3cccn3)c(=O)n2c1. The highest BCUT2D eigenvalue weighted by Crippen LogP contribution is 2.10. The van der Waals surface area contributed by atoms with Crippen LogP contribution >= 0.6 is 0 Å². The summed E-state index contributed by atoms with van der Waals surface area (Å²) in [4.78, 5) is 29.5. The molecule has 0 saturated heterocycles. The molecule has 0 aliphatic heterocycles. The van der Waals surface area contributed by atoms with Crippen LogP contribution in [-0.2, 0) is 13.1 Å². The highest BCUT2D eigenvalue weighted by molar-refractivity contribution is 5.93. The fraction of sp³-hybridized carbons (Fsp3) is 0.143. The van der Waals surface area contributed by atoms with Crippen LogP contribution in [0.15, 0.2) is 72.0 Å². The van der Waals surface area contributed by atoms with Gasteiger partial charge < -0.3 is 5.32 Å². The summed E-state index contributed by atoms with van der Waals surface area (Å²) in [6.07, 6.45) is 6.63. The Hall–Kier alpha value is -3.74. The third-order valence-electron chi connectivity index (χ3n) is 4.54. The molecule has 0 saturated carbocycles. The second-order valence-corrected chi connectivity index (χ2v) is 6.57. The van der Waals surface area contributed by atoms with Crippen LogP contribution in [0.4, 0.5) is 0 Å². The molecule has 1 amide bonds. The molecule has 0 spiro atoms. The normalized spacial score (nSPS) is 10.9. The van der Waals surface area contributed by atoms with E-state index < -0.39 is 5.91 Å². The number of pyridine rings is 1. The molecule has 0 aliphatic carbocycles. The fourth-order valence-electron chi connectivity index (χ4n) is 3.06. The van der Waals surface area contributed by atoms with Gasteiger partial charge in [0.1, 0.15) is 11.2 Å². The van der Waals surface area contributed by atoms with Gasteiger partial charge in [-0.15, -0.1) is 0 Å². The monoisotopic (exact) mass is 373 g/mol. The first-order chi connectivity index (χ1) is 13.6. The zero-order chi connectivity index (χ0) is 19.5. The zero-order valence-corrected chi connectivity index (χ0v) is 15.4. The van der Waals surface area contributed by atoms with E-state index in [9.17, 15) is 9.59 Å². The molecule has 0 radical (unpaired) electrons. The van der Waals surface area contributed by atoms with E-state index in [0.29, 0.717) is 18.7 Å². The zero-order valence-electron chi connectivity index (χ0n) is 15.4. The van der Waals surface area contributed by atoms with Gasteiger partial charge in [-0.05, 0) is 35.7 Å². The highest BCUT2D eigenvalue weighted by Gasteiger charge is 2.14. The maximum atomic E-state index is 12.7. The molecule has 1 N–H and O–H groups in total. The Bertz CT molecular complexity index is 1200. The first-order valence-electron chi connectivity index (χ1n) is 8.92. The molecular formula is C21H19N5O2. The van der Waals surface area contributed by atoms with Crippen molar-refractivity contribution in [1.29, 1.82) is 0 Å². The number of nitrogens with zero attached hydrogens (tertiary/aromatic N) is 4. The summed E-state index contributed by atoms with van der Waals surface area (Å²) in [5, 5.41) is 7.05. The van der Waals surface area contributed by atoms with Crippen LogP contribution in [0.3, 0.4) is 0 Å². The van der Waals surface area contributed by atoms with Gasteiger partial charge in [0.25, 0.3) is 11.5 Å². The predicted octanol–water partition coefficient (Wildman–Crippen LogP) is 2.18. The quantitative estimate of drug-likeness (QED) is 0.581. The Balaban J connectivity index is 1.55. The van der Waals surface area contributed by atoms with Gasteiger partial charge in [-0.2, -0.15) is 5.10 Å². The molecule has 4 rings (SSSR count). The molecule has 0 unspecified atom stereocenters. The van der Waals surface area contributed by atoms with Crippen LogP contribution in [0.2, 0.25) is 0 Å². The number of aryl methyl sites for hydroxylation is 1. The molecule has 0 bridgehead atoms. The lowest BCUT2D eigenvalue weighted by molar-refractivity contribution is 0.0949. The summed E-state index contributed by atoms with van der Waals surface area (Å²) >= 11 is 0. The fourth-order valence-corrected chi connectivity index (χ4v) is 3.06. The van der Waals surface area contributed by atoms with Crippen molar-refractivity contribution in [2.24, 2.45) is 0 Å². The standard InChI is InChI=1S/C21H19N5O2/c1-15-7-8-19-22-12-18(21(28)26(19)13-15)20(27)23-11-16-5-2-3-6-17(16)14-25-10-4-9-24-25/h2-10,12-13H,11,14H2,1H3,(H,23,27). The summed E-state index contributed by atoms with van der Waals surface area (Å²) in [5.41, 5.74) is 3.09. The third kappa shape index (κ3) is 3.55. The second kappa shape index (κ2) is 7.48. The van der Waals surface area contributed by atoms with E-state index >= 15 is 0 Å². The molecule has 4 aromatic rings. The number of benzene rings is 1. The minimum Gasteiger partial charge on any atom is -0.348 e. The van der Waals surface area contributed by atoms with Crippen molar-refractivity contribution in [3.05, 3.63) is 99.9 Å². The van der Waals surface area contributed by atoms with Crippen LogP contribution < -0.4 is 10.9 Å². The van der Waals surface area contributed by atoms with Gasteiger partial charge in [0.05, 0.1) is 6.54 Å². The molecule has 140 valence electrons. The Labute approximate surface area is 161 Å². The average molecular weight is 373 g/mol. The topological polar surface area (TPSA) is 81.3 Å². The molecule has 0 aliphatic rings. The lowest BCUT2D eigenvalue weighted by atomic mass is 10.1. The van der Waals surface area contributed by atoms with Gasteiger partial charge >= 0.3 is 0 Å². The minimum absolute atomic E-state index is 0.0210. The van der Waals surface area contributed by atoms with Gasteiger partial charge in [0, 0.05) is 31.3 Å². The first kappa shape index (κ1) is 17.7. The molecule has 7 heteroatoms. The maximum Gasteiger partial charge on any atom is 0.270 e. The van der Waals surface area contributed by atoms with Gasteiger partial charge in [0.2, 0.25) is 0 Å². The van der Waals surface area contributed by atoms with Crippen LogP contribution in [0, 0.1) is 6.92 Å². The summed E-state index contributed by atoms with van der Waals surface area (Å²) in [5.74, 6) is -0.442. The summed E-state index contributed by atoms with van der Waals surface area (Å²) in [7, 11) is 0. The summed E-state index contributed by atoms with van der Waals surface area (Å²) in [6.45, 7) is 2.81. The minimum atomic E-state index is -0.442. The summed E-state index contributed by atoms with van der Waals surface area (Å²) < 4.78 is 3.22. The lowest BCUT2D eigenvalue weighted by Gasteiger charge is -2.11. The Morgan fingerprint density at radius 3 is 2.71 bits per heavy atom. The number of carbonyl (C=O) groups is 1. The van der Waals surface area contributed by atoms with Gasteiger partial charge in [-0.1, -0.05) is 30.3 Å².